The number of aromatic nitrogens is 5. The molecule has 1 N–H and O–H groups in total. The van der Waals surface area contributed by atoms with Crippen molar-refractivity contribution in [3.63, 3.8) is 0 Å². The topological polar surface area (TPSA) is 110 Å². The Balaban J connectivity index is 1.55. The molecule has 5 rings (SSSR count). The maximum Gasteiger partial charge on any atom is 0.160 e. The van der Waals surface area contributed by atoms with Crippen LogP contribution in [-0.4, -0.2) is 51.2 Å². The van der Waals surface area contributed by atoms with Crippen LogP contribution in [0.5, 0.6) is 5.75 Å². The second kappa shape index (κ2) is 9.38. The normalized spacial score (nSPS) is 14.6. The maximum absolute atomic E-state index is 10.9. The standard InChI is InChI=1S/C23H25ClN8O2/c1-3-32-22-17(13-27-32)20-16(12-26-22)23(31-8-6-15(30-33)7-9-31)29-28-21(20)25-11-14-4-5-19(34-2)18(24)10-14/h4-5,10,12-13,15H,3,6-9,11H2,1-2H3,(H,25,28). The van der Waals surface area contributed by atoms with Crippen molar-refractivity contribution in [3.8, 4) is 5.75 Å². The highest BCUT2D eigenvalue weighted by molar-refractivity contribution is 6.32. The predicted octanol–water partition coefficient (Wildman–Crippen LogP) is 4.40. The lowest BCUT2D eigenvalue weighted by atomic mass is 10.1. The number of nitrogens with one attached hydrogen (secondary N) is 1. The van der Waals surface area contributed by atoms with Crippen molar-refractivity contribution in [2.75, 3.05) is 30.4 Å². The van der Waals surface area contributed by atoms with Crippen LogP contribution in [0.25, 0.3) is 21.8 Å². The van der Waals surface area contributed by atoms with Crippen LogP contribution in [0, 0.1) is 4.91 Å². The Morgan fingerprint density at radius 1 is 1.21 bits per heavy atom. The van der Waals surface area contributed by atoms with E-state index in [9.17, 15) is 4.91 Å². The molecule has 34 heavy (non-hydrogen) atoms. The van der Waals surface area contributed by atoms with Crippen molar-refractivity contribution in [2.24, 2.45) is 5.18 Å². The summed E-state index contributed by atoms with van der Waals surface area (Å²) in [5, 5.41) is 23.5. The number of rotatable bonds is 7. The van der Waals surface area contributed by atoms with Gasteiger partial charge in [0.1, 0.15) is 5.75 Å². The lowest BCUT2D eigenvalue weighted by Gasteiger charge is -2.30. The van der Waals surface area contributed by atoms with Crippen LogP contribution in [0.4, 0.5) is 11.6 Å². The van der Waals surface area contributed by atoms with Gasteiger partial charge >= 0.3 is 0 Å². The number of hydrogen-bond donors (Lipinski definition) is 1. The smallest absolute Gasteiger partial charge is 0.160 e. The molecule has 1 aromatic carbocycles. The summed E-state index contributed by atoms with van der Waals surface area (Å²) in [7, 11) is 1.59. The molecule has 1 aliphatic heterocycles. The Morgan fingerprint density at radius 2 is 2.03 bits per heavy atom. The van der Waals surface area contributed by atoms with E-state index in [1.165, 1.54) is 0 Å². The van der Waals surface area contributed by atoms with Gasteiger partial charge < -0.3 is 15.0 Å². The first-order chi connectivity index (χ1) is 16.6. The van der Waals surface area contributed by atoms with Crippen LogP contribution in [0.3, 0.4) is 0 Å². The Labute approximate surface area is 201 Å². The number of nitrogens with zero attached hydrogens (tertiary/aromatic N) is 7. The van der Waals surface area contributed by atoms with Crippen LogP contribution in [0.2, 0.25) is 5.02 Å². The van der Waals surface area contributed by atoms with E-state index < -0.39 is 0 Å². The third-order valence-corrected chi connectivity index (χ3v) is 6.57. The van der Waals surface area contributed by atoms with Gasteiger partial charge in [0.25, 0.3) is 0 Å². The van der Waals surface area contributed by atoms with Crippen molar-refractivity contribution < 1.29 is 4.74 Å². The zero-order valence-corrected chi connectivity index (χ0v) is 19.8. The van der Waals surface area contributed by atoms with Crippen molar-refractivity contribution >= 4 is 45.0 Å². The summed E-state index contributed by atoms with van der Waals surface area (Å²) >= 11 is 6.30. The predicted molar refractivity (Wildman–Crippen MR) is 133 cm³/mol. The Morgan fingerprint density at radius 3 is 2.74 bits per heavy atom. The molecule has 1 saturated heterocycles. The van der Waals surface area contributed by atoms with Crippen molar-refractivity contribution in [1.82, 2.24) is 25.0 Å². The first-order valence-corrected chi connectivity index (χ1v) is 11.6. The number of nitroso groups, excluding NO2 is 1. The molecular weight excluding hydrogens is 456 g/mol. The number of methoxy groups -OCH3 is 1. The van der Waals surface area contributed by atoms with E-state index >= 15 is 0 Å². The van der Waals surface area contributed by atoms with Crippen LogP contribution in [0.1, 0.15) is 25.3 Å². The summed E-state index contributed by atoms with van der Waals surface area (Å²) in [4.78, 5) is 17.8. The van der Waals surface area contributed by atoms with Gasteiger partial charge in [-0.2, -0.15) is 10.0 Å². The number of halogens is 1. The first-order valence-electron chi connectivity index (χ1n) is 11.3. The Kier molecular flexibility index (Phi) is 6.14. The van der Waals surface area contributed by atoms with Gasteiger partial charge in [0.05, 0.1) is 29.8 Å². The number of fused-ring (bicyclic) bond motifs is 3. The van der Waals surface area contributed by atoms with Gasteiger partial charge in [-0.3, -0.25) is 0 Å². The van der Waals surface area contributed by atoms with Crippen LogP contribution in [-0.2, 0) is 13.1 Å². The molecule has 10 nitrogen and oxygen atoms in total. The lowest BCUT2D eigenvalue weighted by molar-refractivity contribution is 0.415. The number of piperidine rings is 1. The van der Waals surface area contributed by atoms with Crippen LogP contribution in [0.15, 0.2) is 35.8 Å². The van der Waals surface area contributed by atoms with E-state index in [1.807, 2.05) is 42.2 Å². The van der Waals surface area contributed by atoms with Gasteiger partial charge in [-0.05, 0) is 37.5 Å². The number of benzene rings is 1. The zero-order valence-electron chi connectivity index (χ0n) is 19.0. The minimum absolute atomic E-state index is 0.139. The third-order valence-electron chi connectivity index (χ3n) is 6.28. The number of ether oxygens (including phenoxy) is 1. The summed E-state index contributed by atoms with van der Waals surface area (Å²) < 4.78 is 7.11. The van der Waals surface area contributed by atoms with Crippen molar-refractivity contribution in [1.29, 1.82) is 0 Å². The van der Waals surface area contributed by atoms with Crippen LogP contribution < -0.4 is 15.0 Å². The summed E-state index contributed by atoms with van der Waals surface area (Å²) in [6.45, 7) is 4.65. The van der Waals surface area contributed by atoms with E-state index in [2.05, 4.69) is 30.7 Å². The van der Waals surface area contributed by atoms with Gasteiger partial charge in [-0.1, -0.05) is 22.8 Å². The summed E-state index contributed by atoms with van der Waals surface area (Å²) in [6, 6.07) is 5.53. The van der Waals surface area contributed by atoms with Gasteiger partial charge in [-0.15, -0.1) is 10.2 Å². The number of hydrogen-bond acceptors (Lipinski definition) is 9. The molecule has 176 valence electrons. The molecule has 1 fully saturated rings. The third kappa shape index (κ3) is 3.98. The molecule has 0 aliphatic carbocycles. The SMILES string of the molecule is CCn1ncc2c3c(NCc4ccc(OC)c(Cl)c4)nnc(N4CCC(N=O)CC4)c3cnc21. The number of pyridine rings is 1. The first kappa shape index (κ1) is 22.3. The van der Waals surface area contributed by atoms with E-state index in [0.717, 1.165) is 33.2 Å². The lowest BCUT2D eigenvalue weighted by Crippen LogP contribution is -2.36. The molecule has 0 bridgehead atoms. The monoisotopic (exact) mass is 480 g/mol. The zero-order chi connectivity index (χ0) is 23.7. The summed E-state index contributed by atoms with van der Waals surface area (Å²) in [5.74, 6) is 2.04. The minimum Gasteiger partial charge on any atom is -0.495 e. The highest BCUT2D eigenvalue weighted by atomic mass is 35.5. The molecule has 1 aliphatic rings. The Hall–Kier alpha value is -3.53. The van der Waals surface area contributed by atoms with Gasteiger partial charge in [0, 0.05) is 43.1 Å². The quantitative estimate of drug-likeness (QED) is 0.387. The van der Waals surface area contributed by atoms with E-state index in [-0.39, 0.29) is 6.04 Å². The molecule has 4 heterocycles. The molecule has 0 radical (unpaired) electrons. The fourth-order valence-electron chi connectivity index (χ4n) is 4.43. The van der Waals surface area contributed by atoms with E-state index in [1.54, 1.807) is 7.11 Å². The molecule has 4 aromatic rings. The number of anilines is 2. The molecule has 0 saturated carbocycles. The second-order valence-corrected chi connectivity index (χ2v) is 8.67. The van der Waals surface area contributed by atoms with E-state index in [4.69, 9.17) is 21.3 Å². The Bertz CT molecular complexity index is 1350. The molecule has 0 amide bonds. The van der Waals surface area contributed by atoms with Crippen LogP contribution >= 0.6 is 11.6 Å². The number of aryl methyl sites for hydroxylation is 1. The van der Waals surface area contributed by atoms with Gasteiger partial charge in [-0.25, -0.2) is 9.67 Å². The van der Waals surface area contributed by atoms with E-state index in [0.29, 0.717) is 55.6 Å². The average Bonchev–Trinajstić information content (AvgIpc) is 3.31. The largest absolute Gasteiger partial charge is 0.495 e. The van der Waals surface area contributed by atoms with Gasteiger partial charge in [0.15, 0.2) is 17.3 Å². The maximum atomic E-state index is 10.9. The highest BCUT2D eigenvalue weighted by Crippen LogP contribution is 2.35. The summed E-state index contributed by atoms with van der Waals surface area (Å²) in [5.41, 5.74) is 1.79. The summed E-state index contributed by atoms with van der Waals surface area (Å²) in [6.07, 6.45) is 5.08. The fourth-order valence-corrected chi connectivity index (χ4v) is 4.71. The molecule has 11 heteroatoms. The molecule has 0 unspecified atom stereocenters. The van der Waals surface area contributed by atoms with Crippen molar-refractivity contribution in [3.05, 3.63) is 46.1 Å². The molecular formula is C23H25ClN8O2. The fraction of sp³-hybridized carbons (Fsp3) is 0.391. The molecule has 0 spiro atoms. The molecule has 3 aromatic heterocycles. The van der Waals surface area contributed by atoms with Gasteiger partial charge in [0.2, 0.25) is 0 Å². The average molecular weight is 481 g/mol. The van der Waals surface area contributed by atoms with Crippen molar-refractivity contribution in [2.45, 2.75) is 38.9 Å². The minimum atomic E-state index is -0.139. The molecule has 0 atom stereocenters. The highest BCUT2D eigenvalue weighted by Gasteiger charge is 2.24. The second-order valence-electron chi connectivity index (χ2n) is 8.26.